The molecule has 33 heavy (non-hydrogen) atoms. The van der Waals surface area contributed by atoms with Crippen LogP contribution in [0, 0.1) is 5.82 Å². The first kappa shape index (κ1) is 21.9. The van der Waals surface area contributed by atoms with E-state index < -0.39 is 41.9 Å². The van der Waals surface area contributed by atoms with E-state index in [1.54, 1.807) is 0 Å². The summed E-state index contributed by atoms with van der Waals surface area (Å²) in [6, 6.07) is 1.19. The van der Waals surface area contributed by atoms with E-state index in [9.17, 15) is 27.8 Å². The Kier molecular flexibility index (Phi) is 5.18. The Morgan fingerprint density at radius 2 is 1.97 bits per heavy atom. The van der Waals surface area contributed by atoms with Gasteiger partial charge in [0.15, 0.2) is 5.82 Å². The molecule has 0 spiro atoms. The van der Waals surface area contributed by atoms with Crippen LogP contribution in [0.3, 0.4) is 0 Å². The number of benzene rings is 1. The molecule has 2 aromatic heterocycles. The Labute approximate surface area is 185 Å². The van der Waals surface area contributed by atoms with Crippen molar-refractivity contribution in [2.24, 2.45) is 0 Å². The van der Waals surface area contributed by atoms with Gasteiger partial charge in [-0.15, -0.1) is 0 Å². The van der Waals surface area contributed by atoms with Crippen molar-refractivity contribution in [1.29, 1.82) is 0 Å². The van der Waals surface area contributed by atoms with Crippen molar-refractivity contribution < 1.29 is 32.5 Å². The van der Waals surface area contributed by atoms with Crippen molar-refractivity contribution in [3.8, 4) is 5.75 Å². The van der Waals surface area contributed by atoms with E-state index in [1.165, 1.54) is 4.57 Å². The number of ether oxygens (including phenoxy) is 1. The average molecular weight is 467 g/mol. The van der Waals surface area contributed by atoms with Crippen molar-refractivity contribution in [3.05, 3.63) is 47.2 Å². The number of nitrogens with one attached hydrogen (secondary N) is 1. The Morgan fingerprint density at radius 1 is 1.18 bits per heavy atom. The van der Waals surface area contributed by atoms with E-state index in [-0.39, 0.29) is 29.0 Å². The monoisotopic (exact) mass is 467 g/mol. The molecule has 1 aliphatic heterocycles. The fraction of sp³-hybridized carbons (Fsp3) is 0.429. The van der Waals surface area contributed by atoms with Gasteiger partial charge in [-0.2, -0.15) is 13.2 Å². The Bertz CT molecular complexity index is 1210. The molecule has 1 aliphatic carbocycles. The SMILES string of the molecule is Nc1ncnc2c1c(F)cn2[C@@H]1C[C@H](Oc2cc(C(F)(F)F)cc3c2CNCC3)[C@@H](O)[C@H]1O. The molecule has 0 saturated heterocycles. The van der Waals surface area contributed by atoms with Gasteiger partial charge in [0.05, 0.1) is 17.0 Å². The quantitative estimate of drug-likeness (QED) is 0.435. The molecule has 4 atom stereocenters. The Balaban J connectivity index is 1.49. The van der Waals surface area contributed by atoms with Crippen LogP contribution < -0.4 is 15.8 Å². The summed E-state index contributed by atoms with van der Waals surface area (Å²) in [5, 5.41) is 24.4. The van der Waals surface area contributed by atoms with E-state index in [1.807, 2.05) is 0 Å². The summed E-state index contributed by atoms with van der Waals surface area (Å²) < 4.78 is 62.0. The number of hydrogen-bond acceptors (Lipinski definition) is 7. The summed E-state index contributed by atoms with van der Waals surface area (Å²) in [5.74, 6) is -0.758. The Morgan fingerprint density at radius 3 is 2.73 bits per heavy atom. The lowest BCUT2D eigenvalue weighted by atomic mass is 9.97. The molecule has 176 valence electrons. The number of rotatable bonds is 3. The maximum Gasteiger partial charge on any atom is 0.416 e. The van der Waals surface area contributed by atoms with Crippen LogP contribution in [-0.2, 0) is 19.1 Å². The van der Waals surface area contributed by atoms with Crippen molar-refractivity contribution >= 4 is 16.9 Å². The lowest BCUT2D eigenvalue weighted by molar-refractivity contribution is -0.137. The molecule has 1 aromatic carbocycles. The van der Waals surface area contributed by atoms with Gasteiger partial charge in [-0.05, 0) is 30.7 Å². The lowest BCUT2D eigenvalue weighted by Gasteiger charge is -2.25. The first-order valence-corrected chi connectivity index (χ1v) is 10.4. The number of nitrogens with zero attached hydrogens (tertiary/aromatic N) is 3. The minimum Gasteiger partial charge on any atom is -0.487 e. The highest BCUT2D eigenvalue weighted by atomic mass is 19.4. The summed E-state index contributed by atoms with van der Waals surface area (Å²) in [5.41, 5.74) is 6.14. The van der Waals surface area contributed by atoms with E-state index in [0.29, 0.717) is 30.6 Å². The molecule has 5 N–H and O–H groups in total. The number of aliphatic hydroxyl groups excluding tert-OH is 2. The van der Waals surface area contributed by atoms with E-state index in [4.69, 9.17) is 10.5 Å². The second-order valence-corrected chi connectivity index (χ2v) is 8.32. The molecule has 3 aromatic rings. The van der Waals surface area contributed by atoms with Crippen LogP contribution in [0.2, 0.25) is 0 Å². The fourth-order valence-electron chi connectivity index (χ4n) is 4.67. The number of hydrogen-bond donors (Lipinski definition) is 4. The second kappa shape index (κ2) is 7.82. The number of aromatic nitrogens is 3. The van der Waals surface area contributed by atoms with Gasteiger partial charge in [-0.25, -0.2) is 14.4 Å². The van der Waals surface area contributed by atoms with E-state index in [0.717, 1.165) is 24.7 Å². The zero-order chi connectivity index (χ0) is 23.5. The normalized spacial score (nSPS) is 25.4. The number of anilines is 1. The van der Waals surface area contributed by atoms with Crippen LogP contribution >= 0.6 is 0 Å². The molecular formula is C21H21F4N5O3. The van der Waals surface area contributed by atoms with Crippen LogP contribution in [0.1, 0.15) is 29.2 Å². The molecule has 8 nitrogen and oxygen atoms in total. The minimum atomic E-state index is -4.56. The topological polar surface area (TPSA) is 118 Å². The number of nitrogens with two attached hydrogens (primary N) is 1. The number of aliphatic hydroxyl groups is 2. The molecule has 1 fully saturated rings. The highest BCUT2D eigenvalue weighted by molar-refractivity contribution is 5.86. The number of halogens is 4. The zero-order valence-corrected chi connectivity index (χ0v) is 17.2. The third kappa shape index (κ3) is 3.67. The fourth-order valence-corrected chi connectivity index (χ4v) is 4.67. The van der Waals surface area contributed by atoms with E-state index in [2.05, 4.69) is 15.3 Å². The first-order valence-electron chi connectivity index (χ1n) is 10.4. The molecule has 5 rings (SSSR count). The van der Waals surface area contributed by atoms with Gasteiger partial charge in [-0.1, -0.05) is 0 Å². The average Bonchev–Trinajstić information content (AvgIpc) is 3.25. The summed E-state index contributed by atoms with van der Waals surface area (Å²) in [4.78, 5) is 7.80. The molecule has 3 heterocycles. The number of alkyl halides is 3. The highest BCUT2D eigenvalue weighted by Gasteiger charge is 2.45. The molecular weight excluding hydrogens is 446 g/mol. The highest BCUT2D eigenvalue weighted by Crippen LogP contribution is 2.40. The summed E-state index contributed by atoms with van der Waals surface area (Å²) >= 11 is 0. The minimum absolute atomic E-state index is 0.000890. The van der Waals surface area contributed by atoms with Crippen LogP contribution in [0.5, 0.6) is 5.75 Å². The van der Waals surface area contributed by atoms with Crippen LogP contribution in [0.4, 0.5) is 23.4 Å². The number of nitrogen functional groups attached to an aromatic ring is 1. The summed E-state index contributed by atoms with van der Waals surface area (Å²) in [6.45, 7) is 0.860. The molecule has 1 saturated carbocycles. The third-order valence-corrected chi connectivity index (χ3v) is 6.33. The second-order valence-electron chi connectivity index (χ2n) is 8.32. The van der Waals surface area contributed by atoms with Crippen molar-refractivity contribution in [1.82, 2.24) is 19.9 Å². The van der Waals surface area contributed by atoms with Crippen LogP contribution in [0.25, 0.3) is 11.0 Å². The molecule has 0 radical (unpaired) electrons. The van der Waals surface area contributed by atoms with Crippen molar-refractivity contribution in [2.45, 2.75) is 49.9 Å². The number of fused-ring (bicyclic) bond motifs is 2. The smallest absolute Gasteiger partial charge is 0.416 e. The molecule has 0 unspecified atom stereocenters. The van der Waals surface area contributed by atoms with Gasteiger partial charge in [0, 0.05) is 24.7 Å². The van der Waals surface area contributed by atoms with Gasteiger partial charge in [0.2, 0.25) is 0 Å². The van der Waals surface area contributed by atoms with Crippen molar-refractivity contribution in [3.63, 3.8) is 0 Å². The molecule has 12 heteroatoms. The van der Waals surface area contributed by atoms with Gasteiger partial charge < -0.3 is 30.6 Å². The van der Waals surface area contributed by atoms with Crippen molar-refractivity contribution in [2.75, 3.05) is 12.3 Å². The van der Waals surface area contributed by atoms with Gasteiger partial charge in [0.25, 0.3) is 0 Å². The van der Waals surface area contributed by atoms with Crippen LogP contribution in [0.15, 0.2) is 24.7 Å². The zero-order valence-electron chi connectivity index (χ0n) is 17.2. The molecule has 0 bridgehead atoms. The Hall–Kier alpha value is -2.96. The predicted molar refractivity (Wildman–Crippen MR) is 109 cm³/mol. The third-order valence-electron chi connectivity index (χ3n) is 6.33. The van der Waals surface area contributed by atoms with Gasteiger partial charge >= 0.3 is 6.18 Å². The summed E-state index contributed by atoms with van der Waals surface area (Å²) in [7, 11) is 0. The van der Waals surface area contributed by atoms with Gasteiger partial charge in [0.1, 0.15) is 41.9 Å². The maximum absolute atomic E-state index is 14.5. The summed E-state index contributed by atoms with van der Waals surface area (Å²) in [6.07, 6.45) is -5.71. The molecule has 2 aliphatic rings. The maximum atomic E-state index is 14.5. The first-order chi connectivity index (χ1) is 15.6. The van der Waals surface area contributed by atoms with Gasteiger partial charge in [-0.3, -0.25) is 0 Å². The molecule has 0 amide bonds. The van der Waals surface area contributed by atoms with E-state index >= 15 is 0 Å². The predicted octanol–water partition coefficient (Wildman–Crippen LogP) is 1.93. The standard InChI is InChI=1S/C21H21F4N5O3/c22-12-7-30(20-16(12)19(26)28-8-29-20)13-5-15(18(32)17(13)31)33-14-4-10(21(23,24)25)3-9-1-2-27-6-11(9)14/h3-4,7-8,13,15,17-18,27,31-32H,1-2,5-6H2,(H2,26,28,29)/t13-,15+,17+,18-/m1/s1. The van der Waals surface area contributed by atoms with Crippen LogP contribution in [-0.4, -0.2) is 49.6 Å². The largest absolute Gasteiger partial charge is 0.487 e. The lowest BCUT2D eigenvalue weighted by Crippen LogP contribution is -2.35.